The summed E-state index contributed by atoms with van der Waals surface area (Å²) in [6.45, 7) is 2.02. The number of thiazole rings is 1. The van der Waals surface area contributed by atoms with E-state index in [1.165, 1.54) is 0 Å². The highest BCUT2D eigenvalue weighted by Gasteiger charge is 2.21. The zero-order valence-electron chi connectivity index (χ0n) is 15.8. The fourth-order valence-electron chi connectivity index (χ4n) is 2.94. The Hall–Kier alpha value is -2.65. The third-order valence-electron chi connectivity index (χ3n) is 4.46. The van der Waals surface area contributed by atoms with Crippen molar-refractivity contribution in [2.45, 2.75) is 11.8 Å². The number of halogens is 2. The summed E-state index contributed by atoms with van der Waals surface area (Å²) in [6, 6.07) is 14.6. The molecule has 4 rings (SSSR count). The number of carbonyl (C=O) groups excluding carboxylic acids is 1. The van der Waals surface area contributed by atoms with Crippen molar-refractivity contribution in [2.75, 3.05) is 4.72 Å². The number of aromatic nitrogens is 1. The Morgan fingerprint density at radius 2 is 1.74 bits per heavy atom. The van der Waals surface area contributed by atoms with E-state index < -0.39 is 26.5 Å². The SMILES string of the molecule is Cc1ccc2nc(-c3ccc(NS(=O)(=O)c4cc(C(=O)[O-])c(Cl)cc4Cl)cc3)sc2c1. The van der Waals surface area contributed by atoms with E-state index in [1.54, 1.807) is 35.6 Å². The van der Waals surface area contributed by atoms with E-state index in [4.69, 9.17) is 23.2 Å². The number of carboxylic acid groups (broad SMARTS) is 1. The van der Waals surface area contributed by atoms with Crippen molar-refractivity contribution >= 4 is 66.4 Å². The molecular formula is C21H13Cl2N2O4S2-. The van der Waals surface area contributed by atoms with Crippen LogP contribution in [0.15, 0.2) is 59.5 Å². The van der Waals surface area contributed by atoms with Crippen molar-refractivity contribution in [1.82, 2.24) is 4.98 Å². The van der Waals surface area contributed by atoms with Gasteiger partial charge in [0.25, 0.3) is 10.0 Å². The standard InChI is InChI=1S/C21H14Cl2N2O4S2/c1-11-2-7-17-18(8-11)30-20(24-17)12-3-5-13(6-4-12)25-31(28,29)19-9-14(21(26)27)15(22)10-16(19)23/h2-10,25H,1H3,(H,26,27)/p-1. The second kappa shape index (κ2) is 8.12. The number of rotatable bonds is 5. The van der Waals surface area contributed by atoms with Gasteiger partial charge >= 0.3 is 0 Å². The van der Waals surface area contributed by atoms with Crippen LogP contribution < -0.4 is 9.83 Å². The van der Waals surface area contributed by atoms with E-state index in [-0.39, 0.29) is 15.7 Å². The normalized spacial score (nSPS) is 11.6. The van der Waals surface area contributed by atoms with Gasteiger partial charge in [0.1, 0.15) is 9.90 Å². The highest BCUT2D eigenvalue weighted by atomic mass is 35.5. The minimum atomic E-state index is -4.16. The summed E-state index contributed by atoms with van der Waals surface area (Å²) in [7, 11) is -4.16. The lowest BCUT2D eigenvalue weighted by molar-refractivity contribution is -0.255. The van der Waals surface area contributed by atoms with Gasteiger partial charge in [-0.3, -0.25) is 4.72 Å². The lowest BCUT2D eigenvalue weighted by Crippen LogP contribution is -2.23. The van der Waals surface area contributed by atoms with Crippen LogP contribution >= 0.6 is 34.5 Å². The van der Waals surface area contributed by atoms with Gasteiger partial charge in [-0.25, -0.2) is 13.4 Å². The molecule has 31 heavy (non-hydrogen) atoms. The highest BCUT2D eigenvalue weighted by Crippen LogP contribution is 2.33. The Labute approximate surface area is 192 Å². The van der Waals surface area contributed by atoms with E-state index in [1.807, 2.05) is 19.1 Å². The van der Waals surface area contributed by atoms with Gasteiger partial charge in [0.2, 0.25) is 0 Å². The fraction of sp³-hybridized carbons (Fsp3) is 0.0476. The smallest absolute Gasteiger partial charge is 0.263 e. The number of carboxylic acids is 1. The maximum absolute atomic E-state index is 12.8. The van der Waals surface area contributed by atoms with Crippen LogP contribution in [0.2, 0.25) is 10.0 Å². The average molecular weight is 492 g/mol. The van der Waals surface area contributed by atoms with Crippen molar-refractivity contribution in [3.8, 4) is 10.6 Å². The molecule has 0 aliphatic heterocycles. The van der Waals surface area contributed by atoms with Gasteiger partial charge in [0.05, 0.1) is 26.2 Å². The van der Waals surface area contributed by atoms with Crippen LogP contribution in [-0.2, 0) is 10.0 Å². The first-order valence-electron chi connectivity index (χ1n) is 8.85. The quantitative estimate of drug-likeness (QED) is 0.434. The van der Waals surface area contributed by atoms with Crippen molar-refractivity contribution in [1.29, 1.82) is 0 Å². The molecule has 0 saturated carbocycles. The lowest BCUT2D eigenvalue weighted by atomic mass is 10.2. The van der Waals surface area contributed by atoms with Crippen LogP contribution in [0, 0.1) is 6.92 Å². The largest absolute Gasteiger partial charge is 0.545 e. The monoisotopic (exact) mass is 491 g/mol. The first-order chi connectivity index (χ1) is 14.6. The van der Waals surface area contributed by atoms with Gasteiger partial charge in [-0.15, -0.1) is 11.3 Å². The number of aryl methyl sites for hydroxylation is 1. The maximum atomic E-state index is 12.8. The molecule has 0 bridgehead atoms. The first kappa shape index (κ1) is 21.6. The molecule has 0 aliphatic carbocycles. The Balaban J connectivity index is 1.62. The first-order valence-corrected chi connectivity index (χ1v) is 11.9. The van der Waals surface area contributed by atoms with E-state index in [9.17, 15) is 18.3 Å². The van der Waals surface area contributed by atoms with Crippen molar-refractivity contribution in [2.24, 2.45) is 0 Å². The molecule has 1 aromatic heterocycles. The number of sulfonamides is 1. The summed E-state index contributed by atoms with van der Waals surface area (Å²) in [6.07, 6.45) is 0. The van der Waals surface area contributed by atoms with Crippen LogP contribution in [0.4, 0.5) is 5.69 Å². The number of benzene rings is 3. The number of carbonyl (C=O) groups is 1. The molecule has 0 saturated heterocycles. The summed E-state index contributed by atoms with van der Waals surface area (Å²) in [5.74, 6) is -1.60. The molecule has 3 aromatic carbocycles. The third-order valence-corrected chi connectivity index (χ3v) is 7.68. The second-order valence-electron chi connectivity index (χ2n) is 6.72. The van der Waals surface area contributed by atoms with Crippen molar-refractivity contribution < 1.29 is 18.3 Å². The summed E-state index contributed by atoms with van der Waals surface area (Å²) in [5.41, 5.74) is 2.70. The number of nitrogens with one attached hydrogen (secondary N) is 1. The van der Waals surface area contributed by atoms with Gasteiger partial charge in [-0.2, -0.15) is 0 Å². The minimum Gasteiger partial charge on any atom is -0.545 e. The predicted molar refractivity (Wildman–Crippen MR) is 121 cm³/mol. The molecule has 0 aliphatic rings. The molecular weight excluding hydrogens is 479 g/mol. The molecule has 6 nitrogen and oxygen atoms in total. The number of nitrogens with zero attached hydrogens (tertiary/aromatic N) is 1. The molecule has 0 fully saturated rings. The summed E-state index contributed by atoms with van der Waals surface area (Å²) < 4.78 is 29.0. The van der Waals surface area contributed by atoms with Crippen LogP contribution in [0.3, 0.4) is 0 Å². The van der Waals surface area contributed by atoms with Crippen LogP contribution in [0.5, 0.6) is 0 Å². The molecule has 1 N–H and O–H groups in total. The molecule has 0 atom stereocenters. The number of anilines is 1. The van der Waals surface area contributed by atoms with Crippen LogP contribution in [0.1, 0.15) is 15.9 Å². The summed E-state index contributed by atoms with van der Waals surface area (Å²) in [4.78, 5) is 15.4. The summed E-state index contributed by atoms with van der Waals surface area (Å²) >= 11 is 13.3. The van der Waals surface area contributed by atoms with Crippen LogP contribution in [0.25, 0.3) is 20.8 Å². The molecule has 10 heteroatoms. The van der Waals surface area contributed by atoms with Gasteiger partial charge < -0.3 is 9.90 Å². The van der Waals surface area contributed by atoms with E-state index in [0.717, 1.165) is 38.5 Å². The zero-order valence-corrected chi connectivity index (χ0v) is 19.0. The molecule has 0 spiro atoms. The van der Waals surface area contributed by atoms with E-state index in [2.05, 4.69) is 15.8 Å². The highest BCUT2D eigenvalue weighted by molar-refractivity contribution is 7.92. The second-order valence-corrected chi connectivity index (χ2v) is 10.2. The molecule has 0 amide bonds. The minimum absolute atomic E-state index is 0.205. The van der Waals surface area contributed by atoms with E-state index >= 15 is 0 Å². The Kier molecular flexibility index (Phi) is 5.65. The predicted octanol–water partition coefficient (Wildman–Crippen LogP) is 4.74. The van der Waals surface area contributed by atoms with Crippen molar-refractivity contribution in [3.63, 3.8) is 0 Å². The molecule has 4 aromatic rings. The maximum Gasteiger partial charge on any atom is 0.263 e. The number of fused-ring (bicyclic) bond motifs is 1. The van der Waals surface area contributed by atoms with Gasteiger partial charge in [0.15, 0.2) is 0 Å². The molecule has 0 unspecified atom stereocenters. The Morgan fingerprint density at radius 1 is 1.03 bits per heavy atom. The fourth-order valence-corrected chi connectivity index (χ4v) is 5.92. The third kappa shape index (κ3) is 4.38. The number of aromatic carboxylic acids is 1. The van der Waals surface area contributed by atoms with Crippen LogP contribution in [-0.4, -0.2) is 19.4 Å². The Bertz CT molecular complexity index is 1430. The topological polar surface area (TPSA) is 99.2 Å². The molecule has 1 heterocycles. The van der Waals surface area contributed by atoms with Gasteiger partial charge in [-0.05, 0) is 61.0 Å². The number of hydrogen-bond donors (Lipinski definition) is 1. The van der Waals surface area contributed by atoms with E-state index in [0.29, 0.717) is 0 Å². The Morgan fingerprint density at radius 3 is 2.42 bits per heavy atom. The summed E-state index contributed by atoms with van der Waals surface area (Å²) in [5, 5.41) is 11.6. The van der Waals surface area contributed by atoms with Gasteiger partial charge in [0, 0.05) is 16.8 Å². The van der Waals surface area contributed by atoms with Gasteiger partial charge in [-0.1, -0.05) is 29.3 Å². The number of hydrogen-bond acceptors (Lipinski definition) is 6. The zero-order chi connectivity index (χ0) is 22.3. The van der Waals surface area contributed by atoms with Crippen molar-refractivity contribution in [3.05, 3.63) is 75.8 Å². The lowest BCUT2D eigenvalue weighted by Gasteiger charge is -2.13. The average Bonchev–Trinajstić information content (AvgIpc) is 3.10. The molecule has 158 valence electrons. The molecule has 0 radical (unpaired) electrons.